The summed E-state index contributed by atoms with van der Waals surface area (Å²) < 4.78 is 28.9. The van der Waals surface area contributed by atoms with E-state index in [-0.39, 0.29) is 17.3 Å². The second kappa shape index (κ2) is 9.84. The van der Waals surface area contributed by atoms with Crippen molar-refractivity contribution in [1.82, 2.24) is 14.2 Å². The fourth-order valence-corrected chi connectivity index (χ4v) is 6.05. The Morgan fingerprint density at radius 3 is 2.32 bits per heavy atom. The first-order valence-corrected chi connectivity index (χ1v) is 12.9. The standard InChI is InChI=1S/C23H29N4O6P/c1-4-24(5-2)23(28)19-7-6-8-20(15-19)32-22-16-18(9-10-21(22)27(29)30)17(3)33-34(31,25-11-12-25)26-13-14-26/h6-10,15-17H,4-5,11-14H2,1-3H3. The van der Waals surface area contributed by atoms with Crippen LogP contribution in [0, 0.1) is 10.1 Å². The number of hydrogen-bond donors (Lipinski definition) is 0. The van der Waals surface area contributed by atoms with Crippen molar-refractivity contribution in [1.29, 1.82) is 0 Å². The van der Waals surface area contributed by atoms with Gasteiger partial charge in [-0.15, -0.1) is 0 Å². The molecule has 2 saturated heterocycles. The lowest BCUT2D eigenvalue weighted by molar-refractivity contribution is -0.385. The van der Waals surface area contributed by atoms with Gasteiger partial charge in [-0.2, -0.15) is 0 Å². The number of carbonyl (C=O) groups excluding carboxylic acids is 1. The Kier molecular flexibility index (Phi) is 7.04. The third-order valence-corrected chi connectivity index (χ3v) is 8.69. The fraction of sp³-hybridized carbons (Fsp3) is 0.435. The number of nitrogens with zero attached hydrogens (tertiary/aromatic N) is 4. The Balaban J connectivity index is 1.58. The van der Waals surface area contributed by atoms with Crippen LogP contribution in [0.25, 0.3) is 0 Å². The first-order valence-electron chi connectivity index (χ1n) is 11.4. The summed E-state index contributed by atoms with van der Waals surface area (Å²) in [4.78, 5) is 25.5. The van der Waals surface area contributed by atoms with Crippen LogP contribution in [0.1, 0.15) is 42.8 Å². The van der Waals surface area contributed by atoms with Crippen LogP contribution in [0.5, 0.6) is 11.5 Å². The van der Waals surface area contributed by atoms with E-state index in [9.17, 15) is 19.5 Å². The fourth-order valence-electron chi connectivity index (χ4n) is 3.70. The lowest BCUT2D eigenvalue weighted by atomic mass is 10.1. The number of nitro groups is 1. The molecule has 2 heterocycles. The monoisotopic (exact) mass is 488 g/mol. The van der Waals surface area contributed by atoms with Crippen molar-refractivity contribution in [3.05, 3.63) is 63.7 Å². The number of amides is 1. The molecule has 0 aromatic heterocycles. The summed E-state index contributed by atoms with van der Waals surface area (Å²) in [5.41, 5.74) is 0.839. The average Bonchev–Trinajstić information content (AvgIpc) is 3.72. The number of benzene rings is 2. The minimum Gasteiger partial charge on any atom is -0.450 e. The predicted molar refractivity (Wildman–Crippen MR) is 127 cm³/mol. The van der Waals surface area contributed by atoms with Crippen LogP contribution < -0.4 is 4.74 Å². The minimum absolute atomic E-state index is 0.0266. The molecule has 11 heteroatoms. The van der Waals surface area contributed by atoms with Crippen LogP contribution in [0.2, 0.25) is 0 Å². The molecule has 2 fully saturated rings. The van der Waals surface area contributed by atoms with Crippen molar-refractivity contribution in [3.63, 3.8) is 0 Å². The Morgan fingerprint density at radius 1 is 1.12 bits per heavy atom. The van der Waals surface area contributed by atoms with Crippen molar-refractivity contribution in [2.24, 2.45) is 0 Å². The molecule has 182 valence electrons. The van der Waals surface area contributed by atoms with Gasteiger partial charge in [0.1, 0.15) is 5.75 Å². The molecule has 1 atom stereocenters. The van der Waals surface area contributed by atoms with Gasteiger partial charge in [0.2, 0.25) is 5.75 Å². The topological polar surface area (TPSA) is 105 Å². The number of carbonyl (C=O) groups is 1. The van der Waals surface area contributed by atoms with E-state index in [2.05, 4.69) is 0 Å². The van der Waals surface area contributed by atoms with E-state index in [0.717, 1.165) is 26.2 Å². The molecule has 1 unspecified atom stereocenters. The number of ether oxygens (including phenoxy) is 1. The van der Waals surface area contributed by atoms with Crippen molar-refractivity contribution in [2.45, 2.75) is 26.9 Å². The minimum atomic E-state index is -3.06. The van der Waals surface area contributed by atoms with Crippen molar-refractivity contribution in [2.75, 3.05) is 39.3 Å². The third kappa shape index (κ3) is 5.15. The van der Waals surface area contributed by atoms with Crippen molar-refractivity contribution < 1.29 is 23.5 Å². The van der Waals surface area contributed by atoms with E-state index < -0.39 is 18.7 Å². The molecule has 0 bridgehead atoms. The summed E-state index contributed by atoms with van der Waals surface area (Å²) in [6, 6.07) is 11.1. The first-order chi connectivity index (χ1) is 16.3. The molecule has 1 amide bonds. The maximum absolute atomic E-state index is 13.3. The second-order valence-corrected chi connectivity index (χ2v) is 10.6. The maximum atomic E-state index is 13.3. The van der Waals surface area contributed by atoms with Crippen LogP contribution in [-0.2, 0) is 9.09 Å². The Labute approximate surface area is 198 Å². The van der Waals surface area contributed by atoms with Crippen LogP contribution in [0.3, 0.4) is 0 Å². The maximum Gasteiger partial charge on any atom is 0.346 e. The first kappa shape index (κ1) is 24.3. The van der Waals surface area contributed by atoms with Crippen LogP contribution in [-0.4, -0.2) is 64.3 Å². The highest BCUT2D eigenvalue weighted by atomic mass is 31.2. The van der Waals surface area contributed by atoms with Gasteiger partial charge in [-0.05, 0) is 56.7 Å². The molecule has 2 aromatic carbocycles. The molecule has 2 aliphatic heterocycles. The van der Waals surface area contributed by atoms with E-state index in [1.807, 2.05) is 23.2 Å². The molecule has 0 spiro atoms. The van der Waals surface area contributed by atoms with E-state index in [1.165, 1.54) is 12.1 Å². The van der Waals surface area contributed by atoms with Gasteiger partial charge < -0.3 is 9.64 Å². The molecule has 2 aromatic rings. The van der Waals surface area contributed by atoms with Gasteiger partial charge in [0.15, 0.2) is 0 Å². The molecule has 0 aliphatic carbocycles. The normalized spacial score (nSPS) is 16.7. The highest BCUT2D eigenvalue weighted by Gasteiger charge is 2.50. The van der Waals surface area contributed by atoms with E-state index in [1.54, 1.807) is 42.2 Å². The number of nitro benzene ring substituents is 1. The average molecular weight is 488 g/mol. The summed E-state index contributed by atoms with van der Waals surface area (Å²) in [5.74, 6) is 0.200. The third-order valence-electron chi connectivity index (χ3n) is 5.87. The van der Waals surface area contributed by atoms with Gasteiger partial charge in [0, 0.05) is 50.9 Å². The zero-order chi connectivity index (χ0) is 24.5. The summed E-state index contributed by atoms with van der Waals surface area (Å²) in [7, 11) is -3.06. The lowest BCUT2D eigenvalue weighted by Crippen LogP contribution is -2.30. The summed E-state index contributed by atoms with van der Waals surface area (Å²) in [6.07, 6.45) is -0.564. The quantitative estimate of drug-likeness (QED) is 0.194. The van der Waals surface area contributed by atoms with Crippen LogP contribution in [0.4, 0.5) is 5.69 Å². The van der Waals surface area contributed by atoms with E-state index in [4.69, 9.17) is 9.26 Å². The smallest absolute Gasteiger partial charge is 0.346 e. The summed E-state index contributed by atoms with van der Waals surface area (Å²) in [5, 5.41) is 11.6. The molecule has 2 aliphatic rings. The lowest BCUT2D eigenvalue weighted by Gasteiger charge is -2.24. The van der Waals surface area contributed by atoms with Gasteiger partial charge in [0.05, 0.1) is 11.0 Å². The molecule has 0 N–H and O–H groups in total. The summed E-state index contributed by atoms with van der Waals surface area (Å²) in [6.45, 7) is 9.66. The Morgan fingerprint density at radius 2 is 1.76 bits per heavy atom. The van der Waals surface area contributed by atoms with Crippen molar-refractivity contribution >= 4 is 19.3 Å². The molecule has 0 radical (unpaired) electrons. The van der Waals surface area contributed by atoms with Gasteiger partial charge in [-0.3, -0.25) is 24.0 Å². The van der Waals surface area contributed by atoms with Gasteiger partial charge >= 0.3 is 13.4 Å². The molecule has 0 saturated carbocycles. The highest BCUT2D eigenvalue weighted by Crippen LogP contribution is 2.63. The van der Waals surface area contributed by atoms with E-state index >= 15 is 0 Å². The Bertz CT molecular complexity index is 1110. The Hall–Kier alpha value is -2.78. The second-order valence-electron chi connectivity index (χ2n) is 8.24. The van der Waals surface area contributed by atoms with Gasteiger partial charge in [-0.25, -0.2) is 9.34 Å². The van der Waals surface area contributed by atoms with Crippen LogP contribution in [0.15, 0.2) is 42.5 Å². The molecular weight excluding hydrogens is 459 g/mol. The molecular formula is C23H29N4O6P. The van der Waals surface area contributed by atoms with Crippen LogP contribution >= 0.6 is 7.67 Å². The SMILES string of the molecule is CCN(CC)C(=O)c1cccc(Oc2cc(C(C)OP(=O)(N3CC3)N3CC3)ccc2[N+](=O)[O-])c1. The number of rotatable bonds is 11. The number of hydrogen-bond acceptors (Lipinski definition) is 6. The zero-order valence-electron chi connectivity index (χ0n) is 19.5. The van der Waals surface area contributed by atoms with E-state index in [0.29, 0.717) is 30.0 Å². The molecule has 4 rings (SSSR count). The highest BCUT2D eigenvalue weighted by molar-refractivity contribution is 7.54. The molecule has 34 heavy (non-hydrogen) atoms. The van der Waals surface area contributed by atoms with Gasteiger partial charge in [-0.1, -0.05) is 6.07 Å². The predicted octanol–water partition coefficient (Wildman–Crippen LogP) is 4.69. The largest absolute Gasteiger partial charge is 0.450 e. The molecule has 10 nitrogen and oxygen atoms in total. The summed E-state index contributed by atoms with van der Waals surface area (Å²) >= 11 is 0. The van der Waals surface area contributed by atoms with Gasteiger partial charge in [0.25, 0.3) is 5.91 Å². The van der Waals surface area contributed by atoms with Crippen molar-refractivity contribution in [3.8, 4) is 11.5 Å². The zero-order valence-corrected chi connectivity index (χ0v) is 20.4.